The van der Waals surface area contributed by atoms with E-state index in [-0.39, 0.29) is 48.6 Å². The molecule has 3 amide bonds. The molecule has 0 fully saturated rings. The third-order valence-electron chi connectivity index (χ3n) is 5.94. The second kappa shape index (κ2) is 10.7. The number of hydrogen-bond acceptors (Lipinski definition) is 8. The zero-order chi connectivity index (χ0) is 28.4. The van der Waals surface area contributed by atoms with Crippen LogP contribution in [0.4, 0.5) is 18.9 Å². The van der Waals surface area contributed by atoms with E-state index in [1.807, 2.05) is 6.92 Å². The van der Waals surface area contributed by atoms with Crippen molar-refractivity contribution in [2.24, 2.45) is 4.99 Å². The number of nitrogens with one attached hydrogen (secondary N) is 4. The monoisotopic (exact) mass is 556 g/mol. The molecule has 0 aromatic heterocycles. The van der Waals surface area contributed by atoms with Gasteiger partial charge in [-0.1, -0.05) is 24.3 Å². The van der Waals surface area contributed by atoms with E-state index in [0.29, 0.717) is 22.8 Å². The minimum Gasteiger partial charge on any atom is -0.482 e. The Balaban J connectivity index is 1.29. The molecule has 0 spiro atoms. The van der Waals surface area contributed by atoms with Gasteiger partial charge in [-0.3, -0.25) is 19.4 Å². The van der Waals surface area contributed by atoms with Gasteiger partial charge in [-0.15, -0.1) is 13.2 Å². The minimum absolute atomic E-state index is 0.0265. The van der Waals surface area contributed by atoms with Crippen LogP contribution in [0.3, 0.4) is 0 Å². The summed E-state index contributed by atoms with van der Waals surface area (Å²) >= 11 is 0. The molecule has 208 valence electrons. The fraction of sp³-hybridized carbons (Fsp3) is 0.231. The summed E-state index contributed by atoms with van der Waals surface area (Å²) in [6, 6.07) is 10.4. The molecule has 3 aliphatic rings. The number of para-hydroxylation sites is 1. The highest BCUT2D eigenvalue weighted by Gasteiger charge is 2.34. The van der Waals surface area contributed by atoms with Crippen molar-refractivity contribution in [1.82, 2.24) is 21.1 Å². The molecule has 0 saturated carbocycles. The zero-order valence-electron chi connectivity index (χ0n) is 21.0. The summed E-state index contributed by atoms with van der Waals surface area (Å²) in [6.45, 7) is 1.59. The summed E-state index contributed by atoms with van der Waals surface area (Å²) in [5, 5.41) is 9.41. The van der Waals surface area contributed by atoms with Crippen LogP contribution in [-0.4, -0.2) is 47.5 Å². The van der Waals surface area contributed by atoms with Gasteiger partial charge in [0, 0.05) is 30.8 Å². The zero-order valence-corrected chi connectivity index (χ0v) is 21.0. The Morgan fingerprint density at radius 2 is 1.93 bits per heavy atom. The Morgan fingerprint density at radius 1 is 1.15 bits per heavy atom. The SMILES string of the molecule is CC1C=C2N=C(C(=O)NCc3ccc4c(c3)NC(=O)CO4)C=C(C(=O)NCc3ccccc3OC(F)(F)F)N2N1. The second-order valence-corrected chi connectivity index (χ2v) is 8.99. The number of alkyl halides is 3. The molecule has 14 heteroatoms. The number of benzene rings is 2. The molecular weight excluding hydrogens is 533 g/mol. The number of hydrogen-bond donors (Lipinski definition) is 4. The van der Waals surface area contributed by atoms with Crippen molar-refractivity contribution in [3.8, 4) is 11.5 Å². The van der Waals surface area contributed by atoms with Crippen molar-refractivity contribution in [2.75, 3.05) is 11.9 Å². The van der Waals surface area contributed by atoms with Crippen LogP contribution in [0.15, 0.2) is 71.1 Å². The van der Waals surface area contributed by atoms with Crippen molar-refractivity contribution in [3.05, 3.63) is 77.3 Å². The third-order valence-corrected chi connectivity index (χ3v) is 5.94. The van der Waals surface area contributed by atoms with Gasteiger partial charge < -0.3 is 25.4 Å². The highest BCUT2D eigenvalue weighted by Crippen LogP contribution is 2.29. The summed E-state index contributed by atoms with van der Waals surface area (Å²) in [6.07, 6.45) is -1.89. The van der Waals surface area contributed by atoms with Gasteiger partial charge in [-0.2, -0.15) is 0 Å². The lowest BCUT2D eigenvalue weighted by atomic mass is 10.1. The molecule has 0 aliphatic carbocycles. The lowest BCUT2D eigenvalue weighted by Crippen LogP contribution is -2.44. The van der Waals surface area contributed by atoms with Crippen molar-refractivity contribution in [2.45, 2.75) is 32.4 Å². The standard InChI is InChI=1S/C26H23F3N6O5/c1-14-8-22-32-18(24(37)30-11-15-6-7-21-17(9-15)33-23(36)13-39-21)10-19(35(22)34-14)25(38)31-12-16-4-2-3-5-20(16)40-26(27,28)29/h2-10,14,34H,11-13H2,1H3,(H,30,37)(H,31,38)(H,33,36). The van der Waals surface area contributed by atoms with Gasteiger partial charge in [-0.25, -0.2) is 10.4 Å². The first-order valence-corrected chi connectivity index (χ1v) is 12.1. The van der Waals surface area contributed by atoms with Gasteiger partial charge in [0.25, 0.3) is 17.7 Å². The lowest BCUT2D eigenvalue weighted by molar-refractivity contribution is -0.274. The van der Waals surface area contributed by atoms with Crippen molar-refractivity contribution < 1.29 is 37.0 Å². The van der Waals surface area contributed by atoms with Crippen LogP contribution in [0, 0.1) is 0 Å². The second-order valence-electron chi connectivity index (χ2n) is 8.99. The van der Waals surface area contributed by atoms with Crippen LogP contribution < -0.4 is 30.8 Å². The average Bonchev–Trinajstić information content (AvgIpc) is 3.29. The molecule has 0 saturated heterocycles. The van der Waals surface area contributed by atoms with E-state index < -0.39 is 23.9 Å². The van der Waals surface area contributed by atoms with E-state index in [9.17, 15) is 27.6 Å². The lowest BCUT2D eigenvalue weighted by Gasteiger charge is -2.27. The maximum atomic E-state index is 13.1. The van der Waals surface area contributed by atoms with Gasteiger partial charge >= 0.3 is 6.36 Å². The van der Waals surface area contributed by atoms with Crippen LogP contribution in [0.1, 0.15) is 18.1 Å². The van der Waals surface area contributed by atoms with E-state index in [4.69, 9.17) is 4.74 Å². The minimum atomic E-state index is -4.89. The van der Waals surface area contributed by atoms with Crippen LogP contribution in [0.5, 0.6) is 11.5 Å². The van der Waals surface area contributed by atoms with Gasteiger partial charge in [0.2, 0.25) is 0 Å². The topological polar surface area (TPSA) is 133 Å². The number of aliphatic imine (C=N–C) groups is 1. The number of nitrogens with zero attached hydrogens (tertiary/aromatic N) is 2. The number of carbonyl (C=O) groups excluding carboxylic acids is 3. The predicted octanol–water partition coefficient (Wildman–Crippen LogP) is 2.24. The number of carbonyl (C=O) groups is 3. The highest BCUT2D eigenvalue weighted by atomic mass is 19.4. The number of amides is 3. The number of halogens is 3. The fourth-order valence-corrected chi connectivity index (χ4v) is 4.17. The number of rotatable bonds is 7. The molecule has 3 aliphatic heterocycles. The summed E-state index contributed by atoms with van der Waals surface area (Å²) in [4.78, 5) is 42.1. The Kier molecular flexibility index (Phi) is 7.17. The van der Waals surface area contributed by atoms with E-state index in [1.165, 1.54) is 29.3 Å². The van der Waals surface area contributed by atoms with Crippen molar-refractivity contribution >= 4 is 29.1 Å². The van der Waals surface area contributed by atoms with Gasteiger partial charge in [-0.05, 0) is 36.8 Å². The maximum absolute atomic E-state index is 13.1. The molecule has 0 bridgehead atoms. The normalized spacial score (nSPS) is 17.8. The number of ether oxygens (including phenoxy) is 2. The predicted molar refractivity (Wildman–Crippen MR) is 135 cm³/mol. The Hall–Kier alpha value is -4.85. The van der Waals surface area contributed by atoms with E-state index in [1.54, 1.807) is 24.3 Å². The quantitative estimate of drug-likeness (QED) is 0.411. The molecule has 1 atom stereocenters. The van der Waals surface area contributed by atoms with Crippen LogP contribution in [-0.2, 0) is 27.5 Å². The van der Waals surface area contributed by atoms with Gasteiger partial charge in [0.1, 0.15) is 28.7 Å². The molecule has 1 unspecified atom stereocenters. The molecule has 2 aromatic rings. The number of anilines is 1. The highest BCUT2D eigenvalue weighted by molar-refractivity contribution is 6.44. The van der Waals surface area contributed by atoms with E-state index in [0.717, 1.165) is 6.07 Å². The number of hydrazine groups is 1. The largest absolute Gasteiger partial charge is 0.573 e. The Bertz CT molecular complexity index is 1470. The summed E-state index contributed by atoms with van der Waals surface area (Å²) in [7, 11) is 0. The van der Waals surface area contributed by atoms with Crippen molar-refractivity contribution in [3.63, 3.8) is 0 Å². The molecule has 4 N–H and O–H groups in total. The molecule has 0 radical (unpaired) electrons. The average molecular weight is 557 g/mol. The van der Waals surface area contributed by atoms with Gasteiger partial charge in [0.15, 0.2) is 6.61 Å². The fourth-order valence-electron chi connectivity index (χ4n) is 4.17. The number of fused-ring (bicyclic) bond motifs is 2. The maximum Gasteiger partial charge on any atom is 0.573 e. The Morgan fingerprint density at radius 3 is 2.73 bits per heavy atom. The van der Waals surface area contributed by atoms with Gasteiger partial charge in [0.05, 0.1) is 5.69 Å². The first-order valence-electron chi connectivity index (χ1n) is 12.1. The molecular formula is C26H23F3N6O5. The summed E-state index contributed by atoms with van der Waals surface area (Å²) < 4.78 is 47.7. The van der Waals surface area contributed by atoms with Crippen LogP contribution in [0.2, 0.25) is 0 Å². The Labute approximate surface area is 225 Å². The first-order chi connectivity index (χ1) is 19.1. The van der Waals surface area contributed by atoms with E-state index >= 15 is 0 Å². The summed E-state index contributed by atoms with van der Waals surface area (Å²) in [5.74, 6) is -1.09. The van der Waals surface area contributed by atoms with Crippen molar-refractivity contribution in [1.29, 1.82) is 0 Å². The van der Waals surface area contributed by atoms with E-state index in [2.05, 4.69) is 31.1 Å². The smallest absolute Gasteiger partial charge is 0.482 e. The molecule has 40 heavy (non-hydrogen) atoms. The van der Waals surface area contributed by atoms with Crippen LogP contribution in [0.25, 0.3) is 0 Å². The summed E-state index contributed by atoms with van der Waals surface area (Å²) in [5.41, 5.74) is 4.31. The molecule has 11 nitrogen and oxygen atoms in total. The molecule has 2 aromatic carbocycles. The first kappa shape index (κ1) is 26.7. The molecule has 5 rings (SSSR count). The van der Waals surface area contributed by atoms with Crippen LogP contribution >= 0.6 is 0 Å². The third kappa shape index (κ3) is 6.07. The molecule has 3 heterocycles.